The van der Waals surface area contributed by atoms with Gasteiger partial charge in [-0.15, -0.1) is 0 Å². The number of β-amino-alcohol motifs (C(OH)–C–C–N with tert-alkyl or cyclic N) is 1. The van der Waals surface area contributed by atoms with E-state index in [0.717, 1.165) is 6.07 Å². The van der Waals surface area contributed by atoms with Gasteiger partial charge in [-0.3, -0.25) is 9.69 Å². The fourth-order valence-corrected chi connectivity index (χ4v) is 8.48. The first-order valence-electron chi connectivity index (χ1n) is 13.5. The maximum Gasteiger partial charge on any atom is 0.243 e. The molecule has 1 N–H and O–H groups in total. The van der Waals surface area contributed by atoms with Gasteiger partial charge in [0.05, 0.1) is 23.0 Å². The molecule has 2 aliphatic heterocycles. The predicted molar refractivity (Wildman–Crippen MR) is 144 cm³/mol. The average molecular weight is 582 g/mol. The number of piperidine rings is 1. The molecule has 39 heavy (non-hydrogen) atoms. The van der Waals surface area contributed by atoms with E-state index >= 15 is 0 Å². The molecule has 1 amide bonds. The molecule has 0 aromatic heterocycles. The van der Waals surface area contributed by atoms with Crippen LogP contribution in [0.2, 0.25) is 5.02 Å². The Balaban J connectivity index is 1.54. The topological polar surface area (TPSA) is 81.2 Å². The van der Waals surface area contributed by atoms with Gasteiger partial charge in [0.25, 0.3) is 0 Å². The number of hydrogen-bond acceptors (Lipinski definition) is 5. The molecule has 2 saturated heterocycles. The number of nitrogens with zero attached hydrogens (tertiary/aromatic N) is 3. The normalized spacial score (nSPS) is 26.0. The highest BCUT2D eigenvalue weighted by Gasteiger charge is 2.62. The number of rotatable bonds is 7. The number of aliphatic hydroxyl groups is 1. The molecule has 0 unspecified atom stereocenters. The van der Waals surface area contributed by atoms with Crippen LogP contribution in [0.3, 0.4) is 0 Å². The van der Waals surface area contributed by atoms with Crippen molar-refractivity contribution in [3.05, 3.63) is 64.7 Å². The van der Waals surface area contributed by atoms with Gasteiger partial charge in [-0.1, -0.05) is 11.6 Å². The Morgan fingerprint density at radius 1 is 1.08 bits per heavy atom. The van der Waals surface area contributed by atoms with Crippen LogP contribution in [0.4, 0.5) is 8.78 Å². The highest BCUT2D eigenvalue weighted by atomic mass is 35.5. The van der Waals surface area contributed by atoms with Crippen molar-refractivity contribution in [2.75, 3.05) is 32.8 Å². The number of sulfonamides is 1. The molecule has 212 valence electrons. The molecule has 2 aromatic carbocycles. The molecule has 2 heterocycles. The second kappa shape index (κ2) is 11.0. The second-order valence-electron chi connectivity index (χ2n) is 11.0. The van der Waals surface area contributed by atoms with Crippen molar-refractivity contribution in [3.8, 4) is 0 Å². The number of carbonyl (C=O) groups is 1. The Kier molecular flexibility index (Phi) is 8.05. The lowest BCUT2D eigenvalue weighted by Gasteiger charge is -2.47. The first kappa shape index (κ1) is 28.4. The van der Waals surface area contributed by atoms with Gasteiger partial charge < -0.3 is 10.0 Å². The summed E-state index contributed by atoms with van der Waals surface area (Å²) in [4.78, 5) is 18.1. The SMILES string of the molecule is C[C@H]1CN(CCO)CCN1C(=O)C1([C@H]2CCC[C@@H](c3cc(F)cc(F)c3)N2S(=O)(=O)c2ccc(Cl)cc2)CC1. The summed E-state index contributed by atoms with van der Waals surface area (Å²) in [5.74, 6) is -1.61. The number of piperazine rings is 1. The van der Waals surface area contributed by atoms with Crippen LogP contribution in [0.25, 0.3) is 0 Å². The van der Waals surface area contributed by atoms with Gasteiger partial charge in [0, 0.05) is 49.4 Å². The van der Waals surface area contributed by atoms with E-state index in [4.69, 9.17) is 11.6 Å². The van der Waals surface area contributed by atoms with Crippen molar-refractivity contribution in [1.29, 1.82) is 0 Å². The summed E-state index contributed by atoms with van der Waals surface area (Å²) >= 11 is 6.03. The van der Waals surface area contributed by atoms with E-state index in [2.05, 4.69) is 4.90 Å². The Labute approximate surface area is 233 Å². The molecule has 0 radical (unpaired) electrons. The average Bonchev–Trinajstić information content (AvgIpc) is 3.70. The molecule has 3 aliphatic rings. The Hall–Kier alpha value is -2.11. The highest BCUT2D eigenvalue weighted by molar-refractivity contribution is 7.89. The molecular formula is C28H34ClF2N3O4S. The van der Waals surface area contributed by atoms with Crippen molar-refractivity contribution in [2.45, 2.75) is 62.0 Å². The van der Waals surface area contributed by atoms with Crippen molar-refractivity contribution in [2.24, 2.45) is 5.41 Å². The third-order valence-electron chi connectivity index (χ3n) is 8.47. The van der Waals surface area contributed by atoms with Gasteiger partial charge in [-0.2, -0.15) is 4.31 Å². The van der Waals surface area contributed by atoms with Crippen LogP contribution >= 0.6 is 11.6 Å². The molecule has 1 aliphatic carbocycles. The summed E-state index contributed by atoms with van der Waals surface area (Å²) in [6.45, 7) is 4.32. The maximum atomic E-state index is 14.3. The minimum Gasteiger partial charge on any atom is -0.395 e. The monoisotopic (exact) mass is 581 g/mol. The zero-order chi connectivity index (χ0) is 27.9. The summed E-state index contributed by atoms with van der Waals surface area (Å²) in [6.07, 6.45) is 2.58. The number of carbonyl (C=O) groups excluding carboxylic acids is 1. The standard InChI is InChI=1S/C28H34ClF2N3O4S/c1-19-18-32(13-14-35)11-12-33(19)27(36)28(9-10-28)26-4-2-3-25(20-15-22(30)17-23(31)16-20)34(26)39(37,38)24-7-5-21(29)6-8-24/h5-8,15-17,19,25-26,35H,2-4,9-14,18H2,1H3/t19-,25-,26+/m0/s1. The molecule has 1 saturated carbocycles. The van der Waals surface area contributed by atoms with E-state index in [1.54, 1.807) is 0 Å². The van der Waals surface area contributed by atoms with Crippen molar-refractivity contribution in [1.82, 2.24) is 14.1 Å². The molecule has 0 bridgehead atoms. The Bertz CT molecular complexity index is 1300. The van der Waals surface area contributed by atoms with E-state index in [1.807, 2.05) is 11.8 Å². The molecular weight excluding hydrogens is 548 g/mol. The fraction of sp³-hybridized carbons (Fsp3) is 0.536. The van der Waals surface area contributed by atoms with Crippen LogP contribution in [0.15, 0.2) is 47.4 Å². The van der Waals surface area contributed by atoms with Crippen LogP contribution in [-0.2, 0) is 14.8 Å². The number of benzene rings is 2. The number of hydrogen-bond donors (Lipinski definition) is 1. The predicted octanol–water partition coefficient (Wildman–Crippen LogP) is 4.21. The summed E-state index contributed by atoms with van der Waals surface area (Å²) < 4.78 is 58.5. The number of amides is 1. The number of halogens is 3. The smallest absolute Gasteiger partial charge is 0.243 e. The number of aliphatic hydroxyl groups excluding tert-OH is 1. The largest absolute Gasteiger partial charge is 0.395 e. The van der Waals surface area contributed by atoms with Crippen LogP contribution in [0.5, 0.6) is 0 Å². The first-order valence-corrected chi connectivity index (χ1v) is 15.3. The van der Waals surface area contributed by atoms with E-state index in [1.165, 1.54) is 40.7 Å². The van der Waals surface area contributed by atoms with E-state index in [0.29, 0.717) is 63.3 Å². The minimum atomic E-state index is -4.16. The van der Waals surface area contributed by atoms with Crippen LogP contribution in [-0.4, -0.2) is 78.4 Å². The third-order valence-corrected chi connectivity index (χ3v) is 10.7. The molecule has 5 rings (SSSR count). The zero-order valence-electron chi connectivity index (χ0n) is 21.9. The maximum absolute atomic E-state index is 14.3. The third kappa shape index (κ3) is 5.46. The van der Waals surface area contributed by atoms with Crippen molar-refractivity contribution in [3.63, 3.8) is 0 Å². The van der Waals surface area contributed by atoms with Crippen LogP contribution in [0.1, 0.15) is 50.6 Å². The van der Waals surface area contributed by atoms with Gasteiger partial charge in [0.1, 0.15) is 11.6 Å². The van der Waals surface area contributed by atoms with E-state index < -0.39 is 39.2 Å². The molecule has 0 spiro atoms. The van der Waals surface area contributed by atoms with Crippen LogP contribution < -0.4 is 0 Å². The lowest BCUT2D eigenvalue weighted by atomic mass is 9.83. The Morgan fingerprint density at radius 3 is 2.33 bits per heavy atom. The minimum absolute atomic E-state index is 0.0231. The van der Waals surface area contributed by atoms with Crippen molar-refractivity contribution < 1.29 is 27.1 Å². The zero-order valence-corrected chi connectivity index (χ0v) is 23.5. The summed E-state index contributed by atoms with van der Waals surface area (Å²) in [7, 11) is -4.16. The van der Waals surface area contributed by atoms with E-state index in [9.17, 15) is 27.1 Å². The molecule has 11 heteroatoms. The lowest BCUT2D eigenvalue weighted by molar-refractivity contribution is -0.144. The van der Waals surface area contributed by atoms with Gasteiger partial charge in [-0.25, -0.2) is 17.2 Å². The molecule has 3 atom stereocenters. The summed E-state index contributed by atoms with van der Waals surface area (Å²) in [5.41, 5.74) is -0.652. The van der Waals surface area contributed by atoms with Gasteiger partial charge >= 0.3 is 0 Å². The molecule has 2 aromatic rings. The lowest BCUT2D eigenvalue weighted by Crippen LogP contribution is -2.60. The highest BCUT2D eigenvalue weighted by Crippen LogP contribution is 2.57. The summed E-state index contributed by atoms with van der Waals surface area (Å²) in [6, 6.07) is 7.42. The molecule has 7 nitrogen and oxygen atoms in total. The van der Waals surface area contributed by atoms with Gasteiger partial charge in [-0.05, 0) is 81.0 Å². The fourth-order valence-electron chi connectivity index (χ4n) is 6.43. The van der Waals surface area contributed by atoms with Gasteiger partial charge in [0.2, 0.25) is 15.9 Å². The van der Waals surface area contributed by atoms with Crippen molar-refractivity contribution >= 4 is 27.5 Å². The molecule has 3 fully saturated rings. The van der Waals surface area contributed by atoms with Gasteiger partial charge in [0.15, 0.2) is 0 Å². The van der Waals surface area contributed by atoms with Crippen LogP contribution in [0, 0.1) is 17.0 Å². The Morgan fingerprint density at radius 2 is 1.74 bits per heavy atom. The summed E-state index contributed by atoms with van der Waals surface area (Å²) in [5, 5.41) is 9.70. The first-order chi connectivity index (χ1) is 18.6. The second-order valence-corrected chi connectivity index (χ2v) is 13.3. The van der Waals surface area contributed by atoms with E-state index in [-0.39, 0.29) is 29.0 Å². The quantitative estimate of drug-likeness (QED) is 0.530.